The van der Waals surface area contributed by atoms with Gasteiger partial charge in [0.25, 0.3) is 5.91 Å². The highest BCUT2D eigenvalue weighted by atomic mass is 16.5. The van der Waals surface area contributed by atoms with Crippen molar-refractivity contribution in [1.29, 1.82) is 0 Å². The van der Waals surface area contributed by atoms with E-state index in [-0.39, 0.29) is 11.6 Å². The zero-order chi connectivity index (χ0) is 18.6. The van der Waals surface area contributed by atoms with Gasteiger partial charge >= 0.3 is 5.97 Å². The van der Waals surface area contributed by atoms with E-state index in [1.807, 2.05) is 60.7 Å². The zero-order valence-electron chi connectivity index (χ0n) is 14.9. The van der Waals surface area contributed by atoms with Gasteiger partial charge in [-0.25, -0.2) is 9.78 Å². The van der Waals surface area contributed by atoms with E-state index in [9.17, 15) is 9.59 Å². The van der Waals surface area contributed by atoms with Crippen LogP contribution in [0.4, 0.5) is 0 Å². The first-order valence-corrected chi connectivity index (χ1v) is 9.12. The smallest absolute Gasteiger partial charge is 0.358 e. The average molecular weight is 360 g/mol. The quantitative estimate of drug-likeness (QED) is 0.665. The van der Waals surface area contributed by atoms with Crippen LogP contribution in [0.1, 0.15) is 35.0 Å². The number of rotatable bonds is 4. The molecule has 1 aromatic heterocycles. The average Bonchev–Trinajstić information content (AvgIpc) is 3.26. The van der Waals surface area contributed by atoms with Gasteiger partial charge in [0.15, 0.2) is 5.69 Å². The van der Waals surface area contributed by atoms with Crippen molar-refractivity contribution in [1.82, 2.24) is 9.88 Å². The van der Waals surface area contributed by atoms with Crippen molar-refractivity contribution in [2.24, 2.45) is 0 Å². The molecule has 5 heteroatoms. The molecule has 1 aliphatic rings. The second kappa shape index (κ2) is 7.58. The van der Waals surface area contributed by atoms with Crippen LogP contribution in [0.2, 0.25) is 0 Å². The third-order valence-electron chi connectivity index (χ3n) is 4.84. The van der Waals surface area contributed by atoms with Crippen LogP contribution in [0.15, 0.2) is 66.9 Å². The van der Waals surface area contributed by atoms with E-state index in [2.05, 4.69) is 4.98 Å². The van der Waals surface area contributed by atoms with Gasteiger partial charge in [0.2, 0.25) is 6.10 Å². The topological polar surface area (TPSA) is 59.5 Å². The first-order valence-electron chi connectivity index (χ1n) is 9.12. The lowest BCUT2D eigenvalue weighted by Gasteiger charge is -2.23. The Morgan fingerprint density at radius 2 is 1.63 bits per heavy atom. The first-order chi connectivity index (χ1) is 13.2. The van der Waals surface area contributed by atoms with Crippen molar-refractivity contribution in [3.8, 4) is 0 Å². The maximum atomic E-state index is 13.0. The highest BCUT2D eigenvalue weighted by Crippen LogP contribution is 2.25. The summed E-state index contributed by atoms with van der Waals surface area (Å²) in [5.74, 6) is -0.763. The highest BCUT2D eigenvalue weighted by molar-refractivity contribution is 6.03. The number of benzene rings is 2. The molecule has 4 rings (SSSR count). The maximum absolute atomic E-state index is 13.0. The molecule has 0 N–H and O–H groups in total. The van der Waals surface area contributed by atoms with Crippen molar-refractivity contribution < 1.29 is 14.3 Å². The normalized spacial score (nSPS) is 14.9. The lowest BCUT2D eigenvalue weighted by molar-refractivity contribution is -0.140. The van der Waals surface area contributed by atoms with Gasteiger partial charge in [0.1, 0.15) is 0 Å². The Balaban J connectivity index is 1.66. The first kappa shape index (κ1) is 17.2. The van der Waals surface area contributed by atoms with E-state index >= 15 is 0 Å². The Morgan fingerprint density at radius 1 is 0.926 bits per heavy atom. The second-order valence-electron chi connectivity index (χ2n) is 6.61. The maximum Gasteiger partial charge on any atom is 0.358 e. The molecule has 1 atom stereocenters. The number of fused-ring (bicyclic) bond motifs is 1. The second-order valence-corrected chi connectivity index (χ2v) is 6.61. The van der Waals surface area contributed by atoms with Crippen LogP contribution in [-0.4, -0.2) is 34.8 Å². The molecule has 1 amide bonds. The lowest BCUT2D eigenvalue weighted by atomic mass is 10.1. The monoisotopic (exact) mass is 360 g/mol. The van der Waals surface area contributed by atoms with Crippen molar-refractivity contribution in [2.45, 2.75) is 18.9 Å². The summed E-state index contributed by atoms with van der Waals surface area (Å²) in [6.45, 7) is 1.40. The fraction of sp³-hybridized carbons (Fsp3) is 0.227. The van der Waals surface area contributed by atoms with Crippen LogP contribution in [0.5, 0.6) is 0 Å². The number of likely N-dealkylation sites (tertiary alicyclic amines) is 1. The summed E-state index contributed by atoms with van der Waals surface area (Å²) < 4.78 is 5.71. The largest absolute Gasteiger partial charge is 0.443 e. The van der Waals surface area contributed by atoms with Crippen molar-refractivity contribution >= 4 is 22.6 Å². The lowest BCUT2D eigenvalue weighted by Crippen LogP contribution is -2.35. The van der Waals surface area contributed by atoms with Crippen LogP contribution < -0.4 is 0 Å². The molecular weight excluding hydrogens is 340 g/mol. The molecule has 0 radical (unpaired) electrons. The number of hydrogen-bond acceptors (Lipinski definition) is 4. The fourth-order valence-electron chi connectivity index (χ4n) is 3.44. The van der Waals surface area contributed by atoms with Crippen LogP contribution in [0.3, 0.4) is 0 Å². The van der Waals surface area contributed by atoms with E-state index in [1.54, 1.807) is 11.1 Å². The molecule has 0 saturated carbocycles. The molecule has 1 unspecified atom stereocenters. The molecule has 0 spiro atoms. The molecule has 0 aliphatic carbocycles. The van der Waals surface area contributed by atoms with Crippen molar-refractivity contribution in [3.05, 3.63) is 78.1 Å². The number of hydrogen-bond donors (Lipinski definition) is 0. The predicted octanol–water partition coefficient (Wildman–Crippen LogP) is 3.76. The SMILES string of the molecule is O=C(OC(C(=O)N1CCCC1)c1ccccc1)c1nccc2ccccc12. The Bertz CT molecular complexity index is 960. The molecular formula is C22H20N2O3. The predicted molar refractivity (Wildman–Crippen MR) is 102 cm³/mol. The van der Waals surface area contributed by atoms with Crippen LogP contribution in [0, 0.1) is 0 Å². The van der Waals surface area contributed by atoms with E-state index in [4.69, 9.17) is 4.74 Å². The van der Waals surface area contributed by atoms with Gasteiger partial charge in [-0.15, -0.1) is 0 Å². The molecule has 2 aromatic carbocycles. The highest BCUT2D eigenvalue weighted by Gasteiger charge is 2.31. The Morgan fingerprint density at radius 3 is 2.41 bits per heavy atom. The van der Waals surface area contributed by atoms with Crippen molar-refractivity contribution in [2.75, 3.05) is 13.1 Å². The molecule has 3 aromatic rings. The van der Waals surface area contributed by atoms with E-state index < -0.39 is 12.1 Å². The van der Waals surface area contributed by atoms with Gasteiger partial charge < -0.3 is 9.64 Å². The van der Waals surface area contributed by atoms with E-state index in [0.717, 1.165) is 18.2 Å². The summed E-state index contributed by atoms with van der Waals surface area (Å²) in [5.41, 5.74) is 0.895. The fourth-order valence-corrected chi connectivity index (χ4v) is 3.44. The molecule has 2 heterocycles. The summed E-state index contributed by atoms with van der Waals surface area (Å²) in [6.07, 6.45) is 2.58. The number of ether oxygens (including phenoxy) is 1. The molecule has 1 saturated heterocycles. The number of carbonyl (C=O) groups excluding carboxylic acids is 2. The van der Waals surface area contributed by atoms with Gasteiger partial charge in [-0.1, -0.05) is 54.6 Å². The molecule has 136 valence electrons. The summed E-state index contributed by atoms with van der Waals surface area (Å²) in [4.78, 5) is 31.9. The van der Waals surface area contributed by atoms with Gasteiger partial charge in [0, 0.05) is 30.2 Å². The summed E-state index contributed by atoms with van der Waals surface area (Å²) >= 11 is 0. The van der Waals surface area contributed by atoms with Crippen LogP contribution in [-0.2, 0) is 9.53 Å². The number of amides is 1. The molecule has 0 bridgehead atoms. The minimum absolute atomic E-state index is 0.174. The van der Waals surface area contributed by atoms with Gasteiger partial charge in [-0.2, -0.15) is 0 Å². The van der Waals surface area contributed by atoms with Crippen molar-refractivity contribution in [3.63, 3.8) is 0 Å². The number of pyridine rings is 1. The number of esters is 1. The molecule has 1 fully saturated rings. The third kappa shape index (κ3) is 3.53. The summed E-state index contributed by atoms with van der Waals surface area (Å²) in [6, 6.07) is 18.5. The van der Waals surface area contributed by atoms with Gasteiger partial charge in [-0.3, -0.25) is 4.79 Å². The number of aromatic nitrogens is 1. The Labute approximate surface area is 157 Å². The third-order valence-corrected chi connectivity index (χ3v) is 4.84. The standard InChI is InChI=1S/C22H20N2O3/c25-21(24-14-6-7-15-24)20(17-9-2-1-3-10-17)27-22(26)19-18-11-5-4-8-16(18)12-13-23-19/h1-5,8-13,20H,6-7,14-15H2. The van der Waals surface area contributed by atoms with E-state index in [1.165, 1.54) is 0 Å². The van der Waals surface area contributed by atoms with Crippen LogP contribution in [0.25, 0.3) is 10.8 Å². The molecule has 27 heavy (non-hydrogen) atoms. The zero-order valence-corrected chi connectivity index (χ0v) is 14.9. The van der Waals surface area contributed by atoms with Crippen LogP contribution >= 0.6 is 0 Å². The Kier molecular flexibility index (Phi) is 4.83. The number of carbonyl (C=O) groups is 2. The van der Waals surface area contributed by atoms with Gasteiger partial charge in [0.05, 0.1) is 0 Å². The minimum atomic E-state index is -0.961. The van der Waals surface area contributed by atoms with Gasteiger partial charge in [-0.05, 0) is 24.3 Å². The van der Waals surface area contributed by atoms with E-state index in [0.29, 0.717) is 24.0 Å². The Hall–Kier alpha value is -3.21. The summed E-state index contributed by atoms with van der Waals surface area (Å²) in [7, 11) is 0. The minimum Gasteiger partial charge on any atom is -0.443 e. The molecule has 1 aliphatic heterocycles. The molecule has 5 nitrogen and oxygen atoms in total. The summed E-state index contributed by atoms with van der Waals surface area (Å²) in [5, 5.41) is 1.62. The number of nitrogens with zero attached hydrogens (tertiary/aromatic N) is 2.